The average molecular weight is 142 g/mol. The third-order valence-corrected chi connectivity index (χ3v) is 0.975. The van der Waals surface area contributed by atoms with Crippen LogP contribution >= 0.6 is 0 Å². The second kappa shape index (κ2) is 8.60. The summed E-state index contributed by atoms with van der Waals surface area (Å²) >= 11 is 0. The Morgan fingerprint density at radius 2 is 2.12 bits per heavy atom. The van der Waals surface area contributed by atoms with Crippen molar-refractivity contribution in [2.75, 3.05) is 0 Å². The summed E-state index contributed by atoms with van der Waals surface area (Å²) < 4.78 is 0. The second-order valence-corrected chi connectivity index (χ2v) is 1.99. The van der Waals surface area contributed by atoms with Crippen molar-refractivity contribution in [1.29, 1.82) is 0 Å². The Kier molecular flexibility index (Phi) is 13.2. The minimum Gasteiger partial charge on any atom is -1.00 e. The zero-order valence-corrected chi connectivity index (χ0v) is 9.27. The monoisotopic (exact) mass is 142 g/mol. The van der Waals surface area contributed by atoms with Gasteiger partial charge in [-0.25, -0.2) is 0 Å². The van der Waals surface area contributed by atoms with E-state index < -0.39 is 0 Å². The fraction of sp³-hybridized carbons (Fsp3) is 1.00. The van der Waals surface area contributed by atoms with Crippen LogP contribution in [-0.2, 0) is 0 Å². The molecule has 0 aromatic rings. The molecule has 0 aromatic heterocycles. The van der Waals surface area contributed by atoms with E-state index in [1.54, 1.807) is 0 Å². The molecule has 0 heterocycles. The van der Waals surface area contributed by atoms with Crippen LogP contribution in [0.5, 0.6) is 0 Å². The summed E-state index contributed by atoms with van der Waals surface area (Å²) in [5.74, 6) is 0. The van der Waals surface area contributed by atoms with E-state index in [0.29, 0.717) is 0 Å². The van der Waals surface area contributed by atoms with Gasteiger partial charge in [-0.1, -0.05) is 19.8 Å². The van der Waals surface area contributed by atoms with Gasteiger partial charge in [-0.2, -0.15) is 0 Å². The van der Waals surface area contributed by atoms with Gasteiger partial charge in [0.25, 0.3) is 0 Å². The Morgan fingerprint density at radius 1 is 1.62 bits per heavy atom. The topological polar surface area (TPSA) is 20.2 Å². The van der Waals surface area contributed by atoms with E-state index in [1.807, 2.05) is 6.92 Å². The molecule has 0 spiro atoms. The van der Waals surface area contributed by atoms with Crippen molar-refractivity contribution in [2.24, 2.45) is 0 Å². The van der Waals surface area contributed by atoms with Crippen molar-refractivity contribution in [2.45, 2.75) is 39.2 Å². The molecule has 1 unspecified atom stereocenters. The predicted octanol–water partition coefficient (Wildman–Crippen LogP) is -1.33. The maximum Gasteiger partial charge on any atom is 1.00 e. The normalized spacial score (nSPS) is 12.4. The minimum absolute atomic E-state index is 0. The minimum atomic E-state index is -0.0973. The van der Waals surface area contributed by atoms with Crippen LogP contribution in [0, 0.1) is 0 Å². The fourth-order valence-electron chi connectivity index (χ4n) is 0.500. The van der Waals surface area contributed by atoms with Gasteiger partial charge in [0.1, 0.15) is 0 Å². The maximum atomic E-state index is 8.68. The van der Waals surface area contributed by atoms with Crippen LogP contribution in [-0.4, -0.2) is 11.2 Å². The van der Waals surface area contributed by atoms with Crippen LogP contribution in [0.1, 0.15) is 34.5 Å². The van der Waals surface area contributed by atoms with Crippen LogP contribution in [0.25, 0.3) is 0 Å². The molecule has 46 valence electrons. The first-order chi connectivity index (χ1) is 3.27. The van der Waals surface area contributed by atoms with Gasteiger partial charge in [-0.3, -0.25) is 0 Å². The third-order valence-electron chi connectivity index (χ3n) is 0.975. The zero-order valence-electron chi connectivity index (χ0n) is 7.15. The van der Waals surface area contributed by atoms with E-state index in [4.69, 9.17) is 5.11 Å². The van der Waals surface area contributed by atoms with Crippen molar-refractivity contribution in [1.82, 2.24) is 0 Å². The first-order valence-electron chi connectivity index (χ1n) is 2.95. The van der Waals surface area contributed by atoms with Crippen molar-refractivity contribution >= 4 is 0 Å². The molecule has 0 bridgehead atoms. The summed E-state index contributed by atoms with van der Waals surface area (Å²) in [6, 6.07) is 0. The molecule has 0 aliphatic carbocycles. The number of aliphatic hydroxyl groups is 1. The molecule has 0 saturated carbocycles. The van der Waals surface area contributed by atoms with E-state index in [-0.39, 0.29) is 58.9 Å². The standard InChI is InChI=1S/C6H14O.K.H/c1-3-4-5-6(2)7;;/h6-7H,3-5H2,1-2H3;;/q;+1;-1. The van der Waals surface area contributed by atoms with Crippen LogP contribution in [0.3, 0.4) is 0 Å². The summed E-state index contributed by atoms with van der Waals surface area (Å²) in [6.45, 7) is 3.96. The van der Waals surface area contributed by atoms with Crippen molar-refractivity contribution in [3.8, 4) is 0 Å². The van der Waals surface area contributed by atoms with E-state index in [0.717, 1.165) is 12.8 Å². The molecule has 0 rings (SSSR count). The van der Waals surface area contributed by atoms with Crippen LogP contribution in [0.2, 0.25) is 0 Å². The maximum absolute atomic E-state index is 8.68. The first kappa shape index (κ1) is 12.3. The molecule has 1 N–H and O–H groups in total. The molecule has 2 heteroatoms. The third kappa shape index (κ3) is 10.6. The Morgan fingerprint density at radius 3 is 2.25 bits per heavy atom. The summed E-state index contributed by atoms with van der Waals surface area (Å²) in [6.07, 6.45) is 3.19. The van der Waals surface area contributed by atoms with Crippen LogP contribution < -0.4 is 51.4 Å². The molecule has 0 fully saturated rings. The number of aliphatic hydroxyl groups excluding tert-OH is 1. The largest absolute Gasteiger partial charge is 1.00 e. The Hall–Kier alpha value is 1.60. The number of hydrogen-bond donors (Lipinski definition) is 1. The summed E-state index contributed by atoms with van der Waals surface area (Å²) in [7, 11) is 0. The molecule has 8 heavy (non-hydrogen) atoms. The molecular weight excluding hydrogens is 127 g/mol. The molecule has 0 aliphatic heterocycles. The van der Waals surface area contributed by atoms with Gasteiger partial charge < -0.3 is 6.53 Å². The Balaban J connectivity index is -0.000000180. The predicted molar refractivity (Wildman–Crippen MR) is 32.3 cm³/mol. The number of unbranched alkanes of at least 4 members (excludes halogenated alkanes) is 1. The van der Waals surface area contributed by atoms with E-state index in [1.165, 1.54) is 6.42 Å². The molecule has 1 atom stereocenters. The molecule has 1 nitrogen and oxygen atoms in total. The molecule has 0 radical (unpaired) electrons. The molecular formula is C6H15KO. The molecule has 0 amide bonds. The van der Waals surface area contributed by atoms with Gasteiger partial charge >= 0.3 is 51.4 Å². The Labute approximate surface area is 95.8 Å². The Bertz CT molecular complexity index is 42.0. The number of hydrogen-bond acceptors (Lipinski definition) is 1. The van der Waals surface area contributed by atoms with E-state index >= 15 is 0 Å². The van der Waals surface area contributed by atoms with E-state index in [2.05, 4.69) is 6.92 Å². The van der Waals surface area contributed by atoms with Gasteiger partial charge in [0.05, 0.1) is 6.10 Å². The molecule has 0 aromatic carbocycles. The first-order valence-corrected chi connectivity index (χ1v) is 2.95. The van der Waals surface area contributed by atoms with Gasteiger partial charge in [-0.15, -0.1) is 0 Å². The van der Waals surface area contributed by atoms with Crippen molar-refractivity contribution in [3.05, 3.63) is 0 Å². The second-order valence-electron chi connectivity index (χ2n) is 1.99. The summed E-state index contributed by atoms with van der Waals surface area (Å²) in [5.41, 5.74) is 0. The smallest absolute Gasteiger partial charge is 1.00 e. The summed E-state index contributed by atoms with van der Waals surface area (Å²) in [5, 5.41) is 8.68. The quantitative estimate of drug-likeness (QED) is 0.484. The SMILES string of the molecule is CCCCC(C)O.[H-].[K+]. The van der Waals surface area contributed by atoms with Crippen molar-refractivity contribution < 1.29 is 57.9 Å². The van der Waals surface area contributed by atoms with Gasteiger partial charge in [0, 0.05) is 0 Å². The van der Waals surface area contributed by atoms with Crippen molar-refractivity contribution in [3.63, 3.8) is 0 Å². The fourth-order valence-corrected chi connectivity index (χ4v) is 0.500. The molecule has 0 saturated heterocycles. The summed E-state index contributed by atoms with van der Waals surface area (Å²) in [4.78, 5) is 0. The van der Waals surface area contributed by atoms with Gasteiger partial charge in [0.15, 0.2) is 0 Å². The zero-order chi connectivity index (χ0) is 5.70. The average Bonchev–Trinajstić information content (AvgIpc) is 1.61. The number of rotatable bonds is 3. The molecule has 0 aliphatic rings. The van der Waals surface area contributed by atoms with Gasteiger partial charge in [-0.05, 0) is 13.3 Å². The van der Waals surface area contributed by atoms with E-state index in [9.17, 15) is 0 Å². The van der Waals surface area contributed by atoms with Crippen LogP contribution in [0.4, 0.5) is 0 Å². The van der Waals surface area contributed by atoms with Gasteiger partial charge in [0.2, 0.25) is 0 Å². The van der Waals surface area contributed by atoms with Crippen LogP contribution in [0.15, 0.2) is 0 Å².